The highest BCUT2D eigenvalue weighted by Crippen LogP contribution is 2.25. The fraction of sp³-hybridized carbons (Fsp3) is 0.0870. The van der Waals surface area contributed by atoms with Crippen LogP contribution in [-0.2, 0) is 9.59 Å². The molecule has 0 aromatic heterocycles. The monoisotopic (exact) mass is 489 g/mol. The first-order chi connectivity index (χ1) is 15.9. The number of nitrogens with zero attached hydrogens (tertiary/aromatic N) is 1. The summed E-state index contributed by atoms with van der Waals surface area (Å²) in [6, 6.07) is 17.1. The van der Waals surface area contributed by atoms with Gasteiger partial charge in [-0.05, 0) is 60.2 Å². The zero-order valence-corrected chi connectivity index (χ0v) is 18.6. The first-order valence-corrected chi connectivity index (χ1v) is 10.3. The van der Waals surface area contributed by atoms with Gasteiger partial charge in [-0.15, -0.1) is 0 Å². The van der Waals surface area contributed by atoms with Gasteiger partial charge in [-0.3, -0.25) is 9.59 Å². The molecule has 3 rings (SSSR count). The number of rotatable bonds is 9. The summed E-state index contributed by atoms with van der Waals surface area (Å²) in [5.41, 5.74) is 2.98. The lowest BCUT2D eigenvalue weighted by Crippen LogP contribution is -2.24. The molecule has 0 unspecified atom stereocenters. The van der Waals surface area contributed by atoms with E-state index in [-0.39, 0.29) is 29.7 Å². The van der Waals surface area contributed by atoms with Crippen molar-refractivity contribution in [2.75, 3.05) is 18.5 Å². The second kappa shape index (κ2) is 11.8. The maximum absolute atomic E-state index is 13.6. The van der Waals surface area contributed by atoms with E-state index in [1.165, 1.54) is 24.4 Å². The molecule has 0 heterocycles. The van der Waals surface area contributed by atoms with Gasteiger partial charge in [0.2, 0.25) is 0 Å². The van der Waals surface area contributed by atoms with Crippen molar-refractivity contribution < 1.29 is 23.5 Å². The molecular weight excluding hydrogens is 472 g/mol. The van der Waals surface area contributed by atoms with Crippen molar-refractivity contribution in [2.45, 2.75) is 0 Å². The second-order valence-corrected chi connectivity index (χ2v) is 7.39. The van der Waals surface area contributed by atoms with Gasteiger partial charge >= 0.3 is 0 Å². The molecule has 10 heteroatoms. The van der Waals surface area contributed by atoms with Crippen molar-refractivity contribution in [2.24, 2.45) is 5.10 Å². The van der Waals surface area contributed by atoms with Crippen LogP contribution >= 0.6 is 23.2 Å². The quantitative estimate of drug-likeness (QED) is 0.337. The molecule has 7 nitrogen and oxygen atoms in total. The molecule has 2 N–H and O–H groups in total. The Morgan fingerprint density at radius 1 is 0.939 bits per heavy atom. The average Bonchev–Trinajstić information content (AvgIpc) is 2.80. The summed E-state index contributed by atoms with van der Waals surface area (Å²) in [5.74, 6) is -0.768. The summed E-state index contributed by atoms with van der Waals surface area (Å²) < 4.78 is 24.3. The first kappa shape index (κ1) is 24.0. The van der Waals surface area contributed by atoms with Crippen LogP contribution in [0, 0.1) is 5.82 Å². The van der Waals surface area contributed by atoms with Gasteiger partial charge in [0, 0.05) is 5.02 Å². The lowest BCUT2D eigenvalue weighted by molar-refractivity contribution is -0.123. The molecule has 0 atom stereocenters. The molecule has 0 spiro atoms. The number of hydrazone groups is 1. The highest BCUT2D eigenvalue weighted by molar-refractivity contribution is 6.32. The van der Waals surface area contributed by atoms with Gasteiger partial charge in [-0.2, -0.15) is 5.10 Å². The molecule has 33 heavy (non-hydrogen) atoms. The number of amides is 2. The molecule has 3 aromatic rings. The number of hydrogen-bond acceptors (Lipinski definition) is 5. The Morgan fingerprint density at radius 3 is 2.39 bits per heavy atom. The summed E-state index contributed by atoms with van der Waals surface area (Å²) >= 11 is 12.0. The van der Waals surface area contributed by atoms with Gasteiger partial charge in [0.15, 0.2) is 13.2 Å². The molecule has 3 aromatic carbocycles. The zero-order chi connectivity index (χ0) is 23.6. The van der Waals surface area contributed by atoms with Crippen LogP contribution in [0.25, 0.3) is 0 Å². The van der Waals surface area contributed by atoms with Crippen LogP contribution in [0.3, 0.4) is 0 Å². The third kappa shape index (κ3) is 7.78. The van der Waals surface area contributed by atoms with Crippen LogP contribution in [0.1, 0.15) is 5.56 Å². The van der Waals surface area contributed by atoms with Crippen LogP contribution < -0.4 is 20.2 Å². The molecule has 0 saturated carbocycles. The SMILES string of the molecule is O=C(COc1ccc(Cl)cc1)N/N=C\c1ccc(OCC(=O)Nc2ccccc2F)c(Cl)c1. The number of anilines is 1. The van der Waals surface area contributed by atoms with Crippen LogP contribution in [0.15, 0.2) is 71.8 Å². The lowest BCUT2D eigenvalue weighted by atomic mass is 10.2. The molecule has 0 aliphatic carbocycles. The smallest absolute Gasteiger partial charge is 0.277 e. The van der Waals surface area contributed by atoms with Crippen LogP contribution in [-0.4, -0.2) is 31.2 Å². The van der Waals surface area contributed by atoms with Gasteiger partial charge in [0.25, 0.3) is 11.8 Å². The Kier molecular flexibility index (Phi) is 8.63. The number of carbonyl (C=O) groups excluding carboxylic acids is 2. The van der Waals surface area contributed by atoms with E-state index in [0.29, 0.717) is 16.3 Å². The number of halogens is 3. The standard InChI is InChI=1S/C23H18Cl2FN3O4/c24-16-6-8-17(9-7-16)32-14-23(31)29-27-12-15-5-10-21(18(25)11-15)33-13-22(30)28-20-4-2-1-3-19(20)26/h1-12H,13-14H2,(H,28,30)(H,29,31)/b27-12-. The molecule has 0 aliphatic heterocycles. The van der Waals surface area contributed by atoms with Gasteiger partial charge in [-0.1, -0.05) is 35.3 Å². The molecule has 0 saturated heterocycles. The third-order valence-electron chi connectivity index (χ3n) is 4.05. The van der Waals surface area contributed by atoms with Crippen LogP contribution in [0.2, 0.25) is 10.0 Å². The molecule has 0 radical (unpaired) electrons. The molecule has 2 amide bonds. The Hall–Kier alpha value is -3.62. The number of para-hydroxylation sites is 1. The van der Waals surface area contributed by atoms with Crippen molar-refractivity contribution in [3.8, 4) is 11.5 Å². The molecular formula is C23H18Cl2FN3O4. The summed E-state index contributed by atoms with van der Waals surface area (Å²) in [4.78, 5) is 23.8. The Balaban J connectivity index is 1.44. The maximum atomic E-state index is 13.6. The van der Waals surface area contributed by atoms with Crippen LogP contribution in [0.5, 0.6) is 11.5 Å². The van der Waals surface area contributed by atoms with E-state index in [1.807, 2.05) is 0 Å². The van der Waals surface area contributed by atoms with Gasteiger partial charge in [0.1, 0.15) is 17.3 Å². The van der Waals surface area contributed by atoms with Gasteiger partial charge < -0.3 is 14.8 Å². The highest BCUT2D eigenvalue weighted by Gasteiger charge is 2.09. The molecule has 170 valence electrons. The fourth-order valence-electron chi connectivity index (χ4n) is 2.50. The van der Waals surface area contributed by atoms with Crippen molar-refractivity contribution in [3.05, 3.63) is 88.2 Å². The van der Waals surface area contributed by atoms with Gasteiger partial charge in [-0.25, -0.2) is 9.82 Å². The fourth-order valence-corrected chi connectivity index (χ4v) is 2.87. The number of carbonyl (C=O) groups is 2. The zero-order valence-electron chi connectivity index (χ0n) is 17.1. The predicted octanol–water partition coefficient (Wildman–Crippen LogP) is 4.68. The average molecular weight is 490 g/mol. The summed E-state index contributed by atoms with van der Waals surface area (Å²) in [6.07, 6.45) is 1.39. The normalized spacial score (nSPS) is 10.6. The van der Waals surface area contributed by atoms with Crippen molar-refractivity contribution in [1.29, 1.82) is 0 Å². The number of benzene rings is 3. The van der Waals surface area contributed by atoms with Crippen molar-refractivity contribution in [1.82, 2.24) is 5.43 Å². The Labute approximate surface area is 199 Å². The van der Waals surface area contributed by atoms with E-state index in [1.54, 1.807) is 48.5 Å². The largest absolute Gasteiger partial charge is 0.484 e. The Bertz CT molecular complexity index is 1160. The van der Waals surface area contributed by atoms with E-state index in [9.17, 15) is 14.0 Å². The number of hydrogen-bond donors (Lipinski definition) is 2. The first-order valence-electron chi connectivity index (χ1n) is 9.58. The summed E-state index contributed by atoms with van der Waals surface area (Å²) in [7, 11) is 0. The van der Waals surface area contributed by atoms with Gasteiger partial charge in [0.05, 0.1) is 16.9 Å². The second-order valence-electron chi connectivity index (χ2n) is 6.54. The Morgan fingerprint density at radius 2 is 1.67 bits per heavy atom. The molecule has 0 aliphatic rings. The van der Waals surface area contributed by atoms with Crippen molar-refractivity contribution >= 4 is 46.9 Å². The highest BCUT2D eigenvalue weighted by atomic mass is 35.5. The lowest BCUT2D eigenvalue weighted by Gasteiger charge is -2.09. The minimum absolute atomic E-state index is 0.0596. The predicted molar refractivity (Wildman–Crippen MR) is 125 cm³/mol. The van der Waals surface area contributed by atoms with E-state index < -0.39 is 17.6 Å². The van der Waals surface area contributed by atoms with E-state index >= 15 is 0 Å². The topological polar surface area (TPSA) is 89.0 Å². The minimum atomic E-state index is -0.545. The number of ether oxygens (including phenoxy) is 2. The minimum Gasteiger partial charge on any atom is -0.484 e. The summed E-state index contributed by atoms with van der Waals surface area (Å²) in [6.45, 7) is -0.577. The van der Waals surface area contributed by atoms with E-state index in [2.05, 4.69) is 15.8 Å². The third-order valence-corrected chi connectivity index (χ3v) is 4.60. The number of nitrogens with one attached hydrogen (secondary N) is 2. The van der Waals surface area contributed by atoms with Crippen LogP contribution in [0.4, 0.5) is 10.1 Å². The molecule has 0 fully saturated rings. The molecule has 0 bridgehead atoms. The van der Waals surface area contributed by atoms with Crippen molar-refractivity contribution in [3.63, 3.8) is 0 Å². The van der Waals surface area contributed by atoms with E-state index in [4.69, 9.17) is 32.7 Å². The maximum Gasteiger partial charge on any atom is 0.277 e. The van der Waals surface area contributed by atoms with E-state index in [0.717, 1.165) is 0 Å². The summed E-state index contributed by atoms with van der Waals surface area (Å²) in [5, 5.41) is 7.06.